The third-order valence-electron chi connectivity index (χ3n) is 3.09. The lowest BCUT2D eigenvalue weighted by atomic mass is 10.0. The minimum Gasteiger partial charge on any atom is -0.508 e. The standard InChI is InChI=1S/C14H22N2O2/c1-9(5-4-6-15)14(18)16-12-7-11(3)13(17)8-10(12)2/h7-9,17H,4-6,15H2,1-3H3,(H,16,18). The Kier molecular flexibility index (Phi) is 5.16. The molecule has 0 saturated heterocycles. The molecule has 1 atom stereocenters. The molecule has 0 aliphatic carbocycles. The van der Waals surface area contributed by atoms with Crippen molar-refractivity contribution in [1.82, 2.24) is 0 Å². The second-order valence-corrected chi connectivity index (χ2v) is 4.77. The number of anilines is 1. The molecule has 0 aromatic heterocycles. The number of carbonyl (C=O) groups excluding carboxylic acids is 1. The smallest absolute Gasteiger partial charge is 0.227 e. The van der Waals surface area contributed by atoms with Crippen LogP contribution in [-0.2, 0) is 4.79 Å². The molecule has 1 aromatic rings. The van der Waals surface area contributed by atoms with E-state index in [0.29, 0.717) is 6.54 Å². The second kappa shape index (κ2) is 6.40. The van der Waals surface area contributed by atoms with Crippen molar-refractivity contribution >= 4 is 11.6 Å². The number of benzene rings is 1. The van der Waals surface area contributed by atoms with E-state index in [1.807, 2.05) is 20.8 Å². The van der Waals surface area contributed by atoms with E-state index in [0.717, 1.165) is 29.7 Å². The number of aryl methyl sites for hydroxylation is 2. The molecule has 0 aliphatic heterocycles. The number of hydrogen-bond acceptors (Lipinski definition) is 3. The monoisotopic (exact) mass is 250 g/mol. The van der Waals surface area contributed by atoms with Crippen molar-refractivity contribution in [1.29, 1.82) is 0 Å². The molecule has 0 radical (unpaired) electrons. The lowest BCUT2D eigenvalue weighted by Gasteiger charge is -2.14. The molecule has 0 saturated carbocycles. The molecule has 4 heteroatoms. The maximum Gasteiger partial charge on any atom is 0.227 e. The second-order valence-electron chi connectivity index (χ2n) is 4.77. The molecule has 0 fully saturated rings. The van der Waals surface area contributed by atoms with Crippen molar-refractivity contribution in [3.05, 3.63) is 23.3 Å². The van der Waals surface area contributed by atoms with Crippen molar-refractivity contribution in [3.8, 4) is 5.75 Å². The van der Waals surface area contributed by atoms with Crippen LogP contribution in [0.5, 0.6) is 5.75 Å². The molecule has 1 amide bonds. The summed E-state index contributed by atoms with van der Waals surface area (Å²) in [5.74, 6) is 0.195. The Morgan fingerprint density at radius 2 is 2.06 bits per heavy atom. The van der Waals surface area contributed by atoms with E-state index in [4.69, 9.17) is 5.73 Å². The minimum atomic E-state index is -0.0536. The fourth-order valence-corrected chi connectivity index (χ4v) is 1.75. The quantitative estimate of drug-likeness (QED) is 0.702. The van der Waals surface area contributed by atoms with Crippen LogP contribution >= 0.6 is 0 Å². The first kappa shape index (κ1) is 14.5. The fourth-order valence-electron chi connectivity index (χ4n) is 1.75. The largest absolute Gasteiger partial charge is 0.508 e. The molecular weight excluding hydrogens is 228 g/mol. The van der Waals surface area contributed by atoms with E-state index in [-0.39, 0.29) is 17.6 Å². The summed E-state index contributed by atoms with van der Waals surface area (Å²) in [6.07, 6.45) is 1.64. The molecule has 1 rings (SSSR count). The molecule has 1 aromatic carbocycles. The van der Waals surface area contributed by atoms with Crippen LogP contribution < -0.4 is 11.1 Å². The molecule has 0 aliphatic rings. The SMILES string of the molecule is Cc1cc(NC(=O)C(C)CCCN)c(C)cc1O. The van der Waals surface area contributed by atoms with Gasteiger partial charge in [-0.15, -0.1) is 0 Å². The van der Waals surface area contributed by atoms with Gasteiger partial charge in [-0.3, -0.25) is 4.79 Å². The Bertz CT molecular complexity index is 430. The van der Waals surface area contributed by atoms with Crippen LogP contribution in [-0.4, -0.2) is 17.6 Å². The summed E-state index contributed by atoms with van der Waals surface area (Å²) in [6, 6.07) is 3.45. The topological polar surface area (TPSA) is 75.4 Å². The summed E-state index contributed by atoms with van der Waals surface area (Å²) in [5, 5.41) is 12.5. The highest BCUT2D eigenvalue weighted by Gasteiger charge is 2.14. The van der Waals surface area contributed by atoms with Crippen molar-refractivity contribution in [2.45, 2.75) is 33.6 Å². The number of hydrogen-bond donors (Lipinski definition) is 3. The first-order valence-electron chi connectivity index (χ1n) is 6.26. The summed E-state index contributed by atoms with van der Waals surface area (Å²) in [6.45, 7) is 6.17. The van der Waals surface area contributed by atoms with Crippen LogP contribution in [0.15, 0.2) is 12.1 Å². The van der Waals surface area contributed by atoms with Crippen LogP contribution in [0.2, 0.25) is 0 Å². The molecule has 100 valence electrons. The lowest BCUT2D eigenvalue weighted by Crippen LogP contribution is -2.21. The van der Waals surface area contributed by atoms with Gasteiger partial charge in [0.15, 0.2) is 0 Å². The van der Waals surface area contributed by atoms with Crippen molar-refractivity contribution in [3.63, 3.8) is 0 Å². The lowest BCUT2D eigenvalue weighted by molar-refractivity contribution is -0.119. The zero-order valence-corrected chi connectivity index (χ0v) is 11.3. The molecule has 1 unspecified atom stereocenters. The number of nitrogens with one attached hydrogen (secondary N) is 1. The predicted octanol–water partition coefficient (Wildman–Crippen LogP) is 2.32. The Hall–Kier alpha value is -1.55. The van der Waals surface area contributed by atoms with Crippen LogP contribution in [0.25, 0.3) is 0 Å². The number of phenols is 1. The van der Waals surface area contributed by atoms with E-state index in [1.165, 1.54) is 0 Å². The Balaban J connectivity index is 2.72. The number of aromatic hydroxyl groups is 1. The first-order valence-corrected chi connectivity index (χ1v) is 6.26. The number of phenolic OH excluding ortho intramolecular Hbond substituents is 1. The maximum absolute atomic E-state index is 12.0. The Morgan fingerprint density at radius 1 is 1.39 bits per heavy atom. The van der Waals surface area contributed by atoms with Gasteiger partial charge in [0.1, 0.15) is 5.75 Å². The van der Waals surface area contributed by atoms with E-state index >= 15 is 0 Å². The first-order chi connectivity index (χ1) is 8.45. The van der Waals surface area contributed by atoms with Crippen LogP contribution in [0, 0.1) is 19.8 Å². The van der Waals surface area contributed by atoms with Crippen molar-refractivity contribution < 1.29 is 9.90 Å². The molecule has 0 bridgehead atoms. The van der Waals surface area contributed by atoms with Gasteiger partial charge in [-0.2, -0.15) is 0 Å². The van der Waals surface area contributed by atoms with Gasteiger partial charge in [-0.1, -0.05) is 6.92 Å². The molecule has 4 nitrogen and oxygen atoms in total. The summed E-state index contributed by atoms with van der Waals surface area (Å²) >= 11 is 0. The van der Waals surface area contributed by atoms with Gasteiger partial charge >= 0.3 is 0 Å². The van der Waals surface area contributed by atoms with Gasteiger partial charge in [-0.05, 0) is 56.5 Å². The highest BCUT2D eigenvalue weighted by atomic mass is 16.3. The third-order valence-corrected chi connectivity index (χ3v) is 3.09. The molecule has 4 N–H and O–H groups in total. The third kappa shape index (κ3) is 3.74. The van der Waals surface area contributed by atoms with Gasteiger partial charge in [0.05, 0.1) is 0 Å². The maximum atomic E-state index is 12.0. The van der Waals surface area contributed by atoms with Gasteiger partial charge in [0, 0.05) is 11.6 Å². The zero-order valence-electron chi connectivity index (χ0n) is 11.3. The minimum absolute atomic E-state index is 0.00311. The highest BCUT2D eigenvalue weighted by molar-refractivity contribution is 5.93. The van der Waals surface area contributed by atoms with Crippen molar-refractivity contribution in [2.24, 2.45) is 11.7 Å². The predicted molar refractivity (Wildman–Crippen MR) is 73.7 cm³/mol. The number of amides is 1. The van der Waals surface area contributed by atoms with Crippen LogP contribution in [0.3, 0.4) is 0 Å². The molecule has 0 spiro atoms. The van der Waals surface area contributed by atoms with E-state index in [1.54, 1.807) is 12.1 Å². The average Bonchev–Trinajstić information content (AvgIpc) is 2.32. The number of carbonyl (C=O) groups is 1. The Morgan fingerprint density at radius 3 is 2.67 bits per heavy atom. The number of rotatable bonds is 5. The summed E-state index contributed by atoms with van der Waals surface area (Å²) < 4.78 is 0. The highest BCUT2D eigenvalue weighted by Crippen LogP contribution is 2.25. The van der Waals surface area contributed by atoms with Crippen molar-refractivity contribution in [2.75, 3.05) is 11.9 Å². The zero-order chi connectivity index (χ0) is 13.7. The van der Waals surface area contributed by atoms with Gasteiger partial charge in [-0.25, -0.2) is 0 Å². The average molecular weight is 250 g/mol. The summed E-state index contributed by atoms with van der Waals surface area (Å²) in [5.41, 5.74) is 7.80. The fraction of sp³-hybridized carbons (Fsp3) is 0.500. The summed E-state index contributed by atoms with van der Waals surface area (Å²) in [7, 11) is 0. The van der Waals surface area contributed by atoms with Crippen LogP contribution in [0.1, 0.15) is 30.9 Å². The van der Waals surface area contributed by atoms with Gasteiger partial charge in [0.2, 0.25) is 5.91 Å². The normalized spacial score (nSPS) is 12.2. The van der Waals surface area contributed by atoms with Crippen LogP contribution in [0.4, 0.5) is 5.69 Å². The Labute approximate surface area is 108 Å². The number of nitrogens with two attached hydrogens (primary N) is 1. The molecular formula is C14H22N2O2. The van der Waals surface area contributed by atoms with Gasteiger partial charge < -0.3 is 16.2 Å². The molecule has 18 heavy (non-hydrogen) atoms. The van der Waals surface area contributed by atoms with E-state index in [2.05, 4.69) is 5.32 Å². The van der Waals surface area contributed by atoms with E-state index in [9.17, 15) is 9.90 Å². The van der Waals surface area contributed by atoms with Gasteiger partial charge in [0.25, 0.3) is 0 Å². The summed E-state index contributed by atoms with van der Waals surface area (Å²) in [4.78, 5) is 12.0. The van der Waals surface area contributed by atoms with E-state index < -0.39 is 0 Å². The molecule has 0 heterocycles.